The van der Waals surface area contributed by atoms with Crippen LogP contribution in [-0.4, -0.2) is 64.4 Å². The summed E-state index contributed by atoms with van der Waals surface area (Å²) in [6, 6.07) is 19.7. The van der Waals surface area contributed by atoms with E-state index in [9.17, 15) is 4.79 Å². The Hall–Kier alpha value is -2.63. The van der Waals surface area contributed by atoms with Crippen molar-refractivity contribution >= 4 is 16.7 Å². The van der Waals surface area contributed by atoms with E-state index in [1.807, 2.05) is 0 Å². The van der Waals surface area contributed by atoms with Gasteiger partial charge in [0.25, 0.3) is 0 Å². The molecule has 30 heavy (non-hydrogen) atoms. The van der Waals surface area contributed by atoms with Crippen molar-refractivity contribution in [3.63, 3.8) is 0 Å². The second-order valence-corrected chi connectivity index (χ2v) is 8.57. The van der Waals surface area contributed by atoms with Crippen LogP contribution in [0.1, 0.15) is 24.2 Å². The largest absolute Gasteiger partial charge is 0.349 e. The molecule has 0 aliphatic carbocycles. The summed E-state index contributed by atoms with van der Waals surface area (Å²) < 4.78 is 2.30. The van der Waals surface area contributed by atoms with Crippen molar-refractivity contribution in [2.75, 3.05) is 39.3 Å². The minimum Gasteiger partial charge on any atom is -0.349 e. The third kappa shape index (κ3) is 3.75. The van der Waals surface area contributed by atoms with Crippen LogP contribution in [0.2, 0.25) is 0 Å². The first-order valence-electron chi connectivity index (χ1n) is 11.0. The molecule has 0 N–H and O–H groups in total. The minimum absolute atomic E-state index is 0.270. The molecule has 2 aromatic carbocycles. The number of benzene rings is 2. The first-order valence-corrected chi connectivity index (χ1v) is 11.0. The molecule has 0 unspecified atom stereocenters. The molecule has 5 nitrogen and oxygen atoms in total. The van der Waals surface area contributed by atoms with Gasteiger partial charge in [0.05, 0.1) is 6.54 Å². The topological polar surface area (TPSA) is 31.7 Å². The Labute approximate surface area is 178 Å². The van der Waals surface area contributed by atoms with E-state index < -0.39 is 0 Å². The molecule has 5 rings (SSSR count). The summed E-state index contributed by atoms with van der Waals surface area (Å²) in [6.45, 7) is 9.11. The summed E-state index contributed by atoms with van der Waals surface area (Å²) in [5, 5.41) is 2.63. The SMILES string of the molecule is C[C@H]1c2cccn2CCN1CC(=O)N1CCN(Cc2cccc3ccccc23)CC1. The first-order chi connectivity index (χ1) is 14.7. The quantitative estimate of drug-likeness (QED) is 0.671. The Balaban J connectivity index is 1.17. The van der Waals surface area contributed by atoms with Crippen LogP contribution in [0.3, 0.4) is 0 Å². The van der Waals surface area contributed by atoms with Crippen LogP contribution in [0, 0.1) is 0 Å². The van der Waals surface area contributed by atoms with E-state index in [1.165, 1.54) is 22.0 Å². The van der Waals surface area contributed by atoms with Gasteiger partial charge in [0.15, 0.2) is 0 Å². The molecule has 1 aromatic heterocycles. The maximum Gasteiger partial charge on any atom is 0.236 e. The molecule has 1 atom stereocenters. The number of aromatic nitrogens is 1. The van der Waals surface area contributed by atoms with E-state index in [1.54, 1.807) is 0 Å². The van der Waals surface area contributed by atoms with Gasteiger partial charge in [0.2, 0.25) is 5.91 Å². The van der Waals surface area contributed by atoms with Gasteiger partial charge in [-0.25, -0.2) is 0 Å². The molecule has 1 fully saturated rings. The normalized spacial score (nSPS) is 20.4. The number of rotatable bonds is 4. The van der Waals surface area contributed by atoms with Crippen LogP contribution >= 0.6 is 0 Å². The zero-order valence-electron chi connectivity index (χ0n) is 17.7. The summed E-state index contributed by atoms with van der Waals surface area (Å²) in [4.78, 5) is 19.8. The highest BCUT2D eigenvalue weighted by atomic mass is 16.2. The lowest BCUT2D eigenvalue weighted by Gasteiger charge is -2.38. The molecule has 0 saturated carbocycles. The second kappa shape index (κ2) is 8.25. The fourth-order valence-corrected chi connectivity index (χ4v) is 4.94. The molecule has 1 amide bonds. The van der Waals surface area contributed by atoms with Gasteiger partial charge in [-0.15, -0.1) is 0 Å². The van der Waals surface area contributed by atoms with Crippen LogP contribution in [0.5, 0.6) is 0 Å². The first kappa shape index (κ1) is 19.3. The van der Waals surface area contributed by atoms with Gasteiger partial charge in [-0.2, -0.15) is 0 Å². The van der Waals surface area contributed by atoms with E-state index in [0.717, 1.165) is 45.8 Å². The van der Waals surface area contributed by atoms with Crippen molar-refractivity contribution in [1.82, 2.24) is 19.3 Å². The van der Waals surface area contributed by atoms with Gasteiger partial charge in [0.1, 0.15) is 0 Å². The summed E-state index contributed by atoms with van der Waals surface area (Å²) in [5.74, 6) is 0.270. The summed E-state index contributed by atoms with van der Waals surface area (Å²) in [6.07, 6.45) is 2.14. The monoisotopic (exact) mass is 402 g/mol. The molecule has 156 valence electrons. The highest BCUT2D eigenvalue weighted by Gasteiger charge is 2.28. The molecule has 3 heterocycles. The minimum atomic E-state index is 0.270. The highest BCUT2D eigenvalue weighted by Crippen LogP contribution is 2.25. The van der Waals surface area contributed by atoms with Crippen LogP contribution in [-0.2, 0) is 17.9 Å². The number of nitrogens with zero attached hydrogens (tertiary/aromatic N) is 4. The predicted molar refractivity (Wildman–Crippen MR) is 120 cm³/mol. The maximum atomic E-state index is 13.0. The lowest BCUT2D eigenvalue weighted by molar-refractivity contribution is -0.135. The fourth-order valence-electron chi connectivity index (χ4n) is 4.94. The third-order valence-electron chi connectivity index (χ3n) is 6.81. The molecule has 5 heteroatoms. The molecule has 3 aromatic rings. The average molecular weight is 403 g/mol. The zero-order chi connectivity index (χ0) is 20.5. The lowest BCUT2D eigenvalue weighted by Crippen LogP contribution is -2.51. The van der Waals surface area contributed by atoms with Gasteiger partial charge >= 0.3 is 0 Å². The molecular formula is C25H30N4O. The van der Waals surface area contributed by atoms with Gasteiger partial charge in [-0.3, -0.25) is 14.6 Å². The van der Waals surface area contributed by atoms with Crippen molar-refractivity contribution in [1.29, 1.82) is 0 Å². The number of carbonyl (C=O) groups is 1. The summed E-state index contributed by atoms with van der Waals surface area (Å²) >= 11 is 0. The average Bonchev–Trinajstić information content (AvgIpc) is 3.26. The fraction of sp³-hybridized carbons (Fsp3) is 0.400. The van der Waals surface area contributed by atoms with Gasteiger partial charge in [0, 0.05) is 63.7 Å². The van der Waals surface area contributed by atoms with Crippen LogP contribution in [0.15, 0.2) is 60.8 Å². The van der Waals surface area contributed by atoms with Gasteiger partial charge in [-0.1, -0.05) is 42.5 Å². The molecule has 2 aliphatic rings. The standard InChI is InChI=1S/C25H30N4O/c1-20-24-10-5-11-27(24)16-17-29(20)19-25(30)28-14-12-26(13-15-28)18-22-8-4-7-21-6-2-3-9-23(21)22/h2-11,20H,12-19H2,1H3/t20-/m0/s1. The smallest absolute Gasteiger partial charge is 0.236 e. The second-order valence-electron chi connectivity index (χ2n) is 8.57. The summed E-state index contributed by atoms with van der Waals surface area (Å²) in [5.41, 5.74) is 2.69. The number of hydrogen-bond acceptors (Lipinski definition) is 3. The maximum absolute atomic E-state index is 13.0. The summed E-state index contributed by atoms with van der Waals surface area (Å²) in [7, 11) is 0. The van der Waals surface area contributed by atoms with Crippen LogP contribution < -0.4 is 0 Å². The molecule has 0 bridgehead atoms. The van der Waals surface area contributed by atoms with Crippen LogP contribution in [0.25, 0.3) is 10.8 Å². The lowest BCUT2D eigenvalue weighted by atomic mass is 10.0. The van der Waals surface area contributed by atoms with Crippen molar-refractivity contribution in [2.45, 2.75) is 26.1 Å². The zero-order valence-corrected chi connectivity index (χ0v) is 17.7. The number of amides is 1. The van der Waals surface area contributed by atoms with Gasteiger partial charge in [-0.05, 0) is 35.4 Å². The molecule has 0 spiro atoms. The Morgan fingerprint density at radius 3 is 2.57 bits per heavy atom. The van der Waals surface area contributed by atoms with E-state index >= 15 is 0 Å². The van der Waals surface area contributed by atoms with Crippen molar-refractivity contribution < 1.29 is 4.79 Å². The molecule has 0 radical (unpaired) electrons. The number of piperazine rings is 1. The van der Waals surface area contributed by atoms with Crippen molar-refractivity contribution in [3.05, 3.63) is 72.1 Å². The third-order valence-corrected chi connectivity index (χ3v) is 6.81. The Morgan fingerprint density at radius 2 is 1.70 bits per heavy atom. The molecule has 1 saturated heterocycles. The van der Waals surface area contributed by atoms with Gasteiger partial charge < -0.3 is 9.47 Å². The highest BCUT2D eigenvalue weighted by molar-refractivity contribution is 5.85. The van der Waals surface area contributed by atoms with E-state index in [-0.39, 0.29) is 5.91 Å². The predicted octanol–water partition coefficient (Wildman–Crippen LogP) is 3.36. The number of carbonyl (C=O) groups excluding carboxylic acids is 1. The number of hydrogen-bond donors (Lipinski definition) is 0. The van der Waals surface area contributed by atoms with Crippen molar-refractivity contribution in [3.8, 4) is 0 Å². The van der Waals surface area contributed by atoms with E-state index in [4.69, 9.17) is 0 Å². The Kier molecular flexibility index (Phi) is 5.32. The Bertz CT molecular complexity index is 1030. The molecular weight excluding hydrogens is 372 g/mol. The Morgan fingerprint density at radius 1 is 0.900 bits per heavy atom. The van der Waals surface area contributed by atoms with E-state index in [0.29, 0.717) is 12.6 Å². The van der Waals surface area contributed by atoms with E-state index in [2.05, 4.69) is 87.0 Å². The number of fused-ring (bicyclic) bond motifs is 2. The van der Waals surface area contributed by atoms with Crippen LogP contribution in [0.4, 0.5) is 0 Å². The molecule has 2 aliphatic heterocycles. The van der Waals surface area contributed by atoms with Crippen molar-refractivity contribution in [2.24, 2.45) is 0 Å².